The number of phenols is 1. The van der Waals surface area contributed by atoms with Crippen molar-refractivity contribution in [3.8, 4) is 5.75 Å². The van der Waals surface area contributed by atoms with Gasteiger partial charge < -0.3 is 10.4 Å². The van der Waals surface area contributed by atoms with Crippen molar-refractivity contribution in [3.63, 3.8) is 0 Å². The zero-order valence-electron chi connectivity index (χ0n) is 11.0. The number of amides is 1. The van der Waals surface area contributed by atoms with Crippen LogP contribution in [-0.2, 0) is 0 Å². The first-order chi connectivity index (χ1) is 8.49. The summed E-state index contributed by atoms with van der Waals surface area (Å²) >= 11 is 5.82. The molecule has 0 spiro atoms. The number of rotatable bonds is 5. The van der Waals surface area contributed by atoms with E-state index in [1.807, 2.05) is 6.92 Å². The number of hydrogen-bond donors (Lipinski definition) is 2. The zero-order valence-corrected chi connectivity index (χ0v) is 11.8. The van der Waals surface area contributed by atoms with E-state index in [1.165, 1.54) is 12.1 Å². The van der Waals surface area contributed by atoms with Crippen LogP contribution in [0.15, 0.2) is 18.2 Å². The van der Waals surface area contributed by atoms with Crippen molar-refractivity contribution in [2.75, 3.05) is 0 Å². The Morgan fingerprint density at radius 1 is 1.39 bits per heavy atom. The maximum atomic E-state index is 12.0. The molecular formula is C14H20ClNO2. The molecule has 0 aliphatic carbocycles. The van der Waals surface area contributed by atoms with Gasteiger partial charge in [0.15, 0.2) is 0 Å². The minimum Gasteiger partial charge on any atom is -0.507 e. The Labute approximate surface area is 113 Å². The zero-order chi connectivity index (χ0) is 13.7. The Morgan fingerprint density at radius 2 is 2.00 bits per heavy atom. The maximum Gasteiger partial charge on any atom is 0.255 e. The number of benzene rings is 1. The van der Waals surface area contributed by atoms with E-state index in [9.17, 15) is 9.90 Å². The highest BCUT2D eigenvalue weighted by molar-refractivity contribution is 6.31. The predicted octanol–water partition coefficient (Wildman–Crippen LogP) is 3.60. The molecule has 1 unspecified atom stereocenters. The molecule has 0 saturated heterocycles. The summed E-state index contributed by atoms with van der Waals surface area (Å²) in [6.07, 6.45) is 2.03. The fourth-order valence-electron chi connectivity index (χ4n) is 2.09. The van der Waals surface area contributed by atoms with Crippen LogP contribution >= 0.6 is 11.6 Å². The quantitative estimate of drug-likeness (QED) is 0.858. The molecule has 1 aromatic rings. The summed E-state index contributed by atoms with van der Waals surface area (Å²) in [6.45, 7) is 6.19. The van der Waals surface area contributed by atoms with Crippen LogP contribution in [0.25, 0.3) is 0 Å². The molecule has 1 amide bonds. The van der Waals surface area contributed by atoms with Gasteiger partial charge in [0, 0.05) is 11.1 Å². The standard InChI is InChI=1S/C14H20ClNO2/c1-4-10(5-2)9(3)16-14(18)12-8-11(15)6-7-13(12)17/h6-10,17H,4-5H2,1-3H3,(H,16,18). The summed E-state index contributed by atoms with van der Waals surface area (Å²) in [4.78, 5) is 12.0. The Morgan fingerprint density at radius 3 is 2.56 bits per heavy atom. The minimum atomic E-state index is -0.283. The molecule has 100 valence electrons. The van der Waals surface area contributed by atoms with E-state index in [1.54, 1.807) is 6.07 Å². The van der Waals surface area contributed by atoms with E-state index in [0.29, 0.717) is 10.9 Å². The third kappa shape index (κ3) is 3.64. The molecule has 1 atom stereocenters. The van der Waals surface area contributed by atoms with E-state index in [4.69, 9.17) is 11.6 Å². The third-order valence-electron chi connectivity index (χ3n) is 3.32. The summed E-state index contributed by atoms with van der Waals surface area (Å²) in [6, 6.07) is 4.54. The van der Waals surface area contributed by atoms with E-state index in [-0.39, 0.29) is 23.3 Å². The van der Waals surface area contributed by atoms with Gasteiger partial charge in [0.05, 0.1) is 5.56 Å². The van der Waals surface area contributed by atoms with Gasteiger partial charge in [-0.25, -0.2) is 0 Å². The largest absolute Gasteiger partial charge is 0.507 e. The normalized spacial score (nSPS) is 12.5. The first kappa shape index (κ1) is 14.8. The molecule has 0 aliphatic rings. The molecule has 0 aliphatic heterocycles. The number of phenolic OH excluding ortho intramolecular Hbond substituents is 1. The van der Waals surface area contributed by atoms with Gasteiger partial charge in [-0.15, -0.1) is 0 Å². The lowest BCUT2D eigenvalue weighted by atomic mass is 9.95. The lowest BCUT2D eigenvalue weighted by molar-refractivity contribution is 0.0922. The molecule has 2 N–H and O–H groups in total. The van der Waals surface area contributed by atoms with E-state index in [0.717, 1.165) is 12.8 Å². The second kappa shape index (κ2) is 6.64. The summed E-state index contributed by atoms with van der Waals surface area (Å²) in [5.74, 6) is 0.110. The summed E-state index contributed by atoms with van der Waals surface area (Å²) < 4.78 is 0. The smallest absolute Gasteiger partial charge is 0.255 e. The van der Waals surface area contributed by atoms with Gasteiger partial charge in [0.25, 0.3) is 5.91 Å². The van der Waals surface area contributed by atoms with E-state index < -0.39 is 0 Å². The van der Waals surface area contributed by atoms with Gasteiger partial charge in [-0.1, -0.05) is 38.3 Å². The van der Waals surface area contributed by atoms with Crippen LogP contribution in [0.4, 0.5) is 0 Å². The first-order valence-electron chi connectivity index (χ1n) is 6.28. The maximum absolute atomic E-state index is 12.0. The average Bonchev–Trinajstić information content (AvgIpc) is 2.33. The third-order valence-corrected chi connectivity index (χ3v) is 3.55. The Bertz CT molecular complexity index is 416. The molecule has 0 radical (unpaired) electrons. The van der Waals surface area contributed by atoms with Gasteiger partial charge in [0.2, 0.25) is 0 Å². The second-order valence-electron chi connectivity index (χ2n) is 4.50. The molecule has 1 rings (SSSR count). The summed E-state index contributed by atoms with van der Waals surface area (Å²) in [5, 5.41) is 13.0. The van der Waals surface area contributed by atoms with Crippen LogP contribution in [0.2, 0.25) is 5.02 Å². The molecule has 0 saturated carbocycles. The number of aromatic hydroxyl groups is 1. The van der Waals surface area contributed by atoms with Crippen LogP contribution < -0.4 is 5.32 Å². The Balaban J connectivity index is 2.79. The SMILES string of the molecule is CCC(CC)C(C)NC(=O)c1cc(Cl)ccc1O. The topological polar surface area (TPSA) is 49.3 Å². The Kier molecular flexibility index (Phi) is 5.48. The lowest BCUT2D eigenvalue weighted by Crippen LogP contribution is -2.37. The second-order valence-corrected chi connectivity index (χ2v) is 4.94. The van der Waals surface area contributed by atoms with Crippen LogP contribution in [0, 0.1) is 5.92 Å². The fourth-order valence-corrected chi connectivity index (χ4v) is 2.26. The molecule has 0 bridgehead atoms. The average molecular weight is 270 g/mol. The highest BCUT2D eigenvalue weighted by Gasteiger charge is 2.18. The van der Waals surface area contributed by atoms with Crippen molar-refractivity contribution in [2.45, 2.75) is 39.7 Å². The van der Waals surface area contributed by atoms with Crippen LogP contribution in [0.5, 0.6) is 5.75 Å². The van der Waals surface area contributed by atoms with Gasteiger partial charge in [-0.2, -0.15) is 0 Å². The summed E-state index contributed by atoms with van der Waals surface area (Å²) in [7, 11) is 0. The molecule has 1 aromatic carbocycles. The van der Waals surface area contributed by atoms with Crippen LogP contribution in [0.1, 0.15) is 44.0 Å². The number of carbonyl (C=O) groups excluding carboxylic acids is 1. The van der Waals surface area contributed by atoms with Crippen molar-refractivity contribution < 1.29 is 9.90 Å². The molecule has 0 aromatic heterocycles. The predicted molar refractivity (Wildman–Crippen MR) is 74.1 cm³/mol. The van der Waals surface area contributed by atoms with Crippen LogP contribution in [0.3, 0.4) is 0 Å². The number of halogens is 1. The highest BCUT2D eigenvalue weighted by atomic mass is 35.5. The van der Waals surface area contributed by atoms with Gasteiger partial charge in [0.1, 0.15) is 5.75 Å². The van der Waals surface area contributed by atoms with Crippen molar-refractivity contribution in [1.82, 2.24) is 5.32 Å². The van der Waals surface area contributed by atoms with Gasteiger partial charge in [-0.3, -0.25) is 4.79 Å². The van der Waals surface area contributed by atoms with E-state index in [2.05, 4.69) is 19.2 Å². The molecule has 0 heterocycles. The summed E-state index contributed by atoms with van der Waals surface area (Å²) in [5.41, 5.74) is 0.223. The number of nitrogens with one attached hydrogen (secondary N) is 1. The van der Waals surface area contributed by atoms with Crippen LogP contribution in [-0.4, -0.2) is 17.1 Å². The molecule has 0 fully saturated rings. The molecule has 4 heteroatoms. The Hall–Kier alpha value is -1.22. The molecular weight excluding hydrogens is 250 g/mol. The number of carbonyl (C=O) groups is 1. The minimum absolute atomic E-state index is 0.0475. The van der Waals surface area contributed by atoms with Crippen molar-refractivity contribution in [3.05, 3.63) is 28.8 Å². The van der Waals surface area contributed by atoms with Gasteiger partial charge >= 0.3 is 0 Å². The van der Waals surface area contributed by atoms with E-state index >= 15 is 0 Å². The number of hydrogen-bond acceptors (Lipinski definition) is 2. The lowest BCUT2D eigenvalue weighted by Gasteiger charge is -2.22. The van der Waals surface area contributed by atoms with Crippen molar-refractivity contribution >= 4 is 17.5 Å². The monoisotopic (exact) mass is 269 g/mol. The highest BCUT2D eigenvalue weighted by Crippen LogP contribution is 2.22. The van der Waals surface area contributed by atoms with Crippen molar-refractivity contribution in [1.29, 1.82) is 0 Å². The molecule has 3 nitrogen and oxygen atoms in total. The van der Waals surface area contributed by atoms with Crippen molar-refractivity contribution in [2.24, 2.45) is 5.92 Å². The van der Waals surface area contributed by atoms with Gasteiger partial charge in [-0.05, 0) is 31.0 Å². The first-order valence-corrected chi connectivity index (χ1v) is 6.66. The molecule has 18 heavy (non-hydrogen) atoms. The fraction of sp³-hybridized carbons (Fsp3) is 0.500.